The van der Waals surface area contributed by atoms with Crippen LogP contribution in [0.1, 0.15) is 11.1 Å². The zero-order valence-corrected chi connectivity index (χ0v) is 18.3. The lowest BCUT2D eigenvalue weighted by molar-refractivity contribution is -0.907. The van der Waals surface area contributed by atoms with Crippen LogP contribution in [-0.2, 0) is 13.1 Å². The summed E-state index contributed by atoms with van der Waals surface area (Å²) in [5, 5.41) is 13.0. The van der Waals surface area contributed by atoms with Crippen LogP contribution in [0.25, 0.3) is 22.1 Å². The largest absolute Gasteiger partial charge is 0.872 e. The van der Waals surface area contributed by atoms with E-state index in [1.165, 1.54) is 17.9 Å². The molecular formula is C26H25NO5. The molecular weight excluding hydrogens is 406 g/mol. The van der Waals surface area contributed by atoms with Crippen LogP contribution in [0.2, 0.25) is 0 Å². The fraction of sp³-hybridized carbons (Fsp3) is 0.192. The molecule has 1 N–H and O–H groups in total. The molecule has 1 aromatic heterocycles. The summed E-state index contributed by atoms with van der Waals surface area (Å²) >= 11 is 0. The van der Waals surface area contributed by atoms with E-state index in [1.54, 1.807) is 38.5 Å². The fourth-order valence-corrected chi connectivity index (χ4v) is 3.92. The Bertz CT molecular complexity index is 1300. The van der Waals surface area contributed by atoms with Crippen molar-refractivity contribution in [3.8, 4) is 28.4 Å². The Morgan fingerprint density at radius 1 is 0.938 bits per heavy atom. The first-order valence-electron chi connectivity index (χ1n) is 10.3. The van der Waals surface area contributed by atoms with E-state index in [-0.39, 0.29) is 11.2 Å². The smallest absolute Gasteiger partial charge is 0.200 e. The number of methoxy groups -OCH3 is 2. The first-order valence-corrected chi connectivity index (χ1v) is 10.3. The zero-order valence-electron chi connectivity index (χ0n) is 18.3. The van der Waals surface area contributed by atoms with Gasteiger partial charge < -0.3 is 23.9 Å². The summed E-state index contributed by atoms with van der Waals surface area (Å²) in [5.74, 6) is 0.960. The zero-order chi connectivity index (χ0) is 22.7. The van der Waals surface area contributed by atoms with Crippen molar-refractivity contribution >= 4 is 11.0 Å². The molecule has 0 amide bonds. The molecule has 0 bridgehead atoms. The standard InChI is InChI=1S/C26H25NO5/c1-27(14-17-7-5-4-6-8-17)15-20-22(28)11-10-19-25(29)21(16-32-26(19)20)18-9-12-23(30-2)24(13-18)31-3/h4-13,16,28H,14-15H2,1-3H3. The van der Waals surface area contributed by atoms with E-state index >= 15 is 0 Å². The number of benzene rings is 3. The molecule has 4 rings (SSSR count). The molecule has 1 heterocycles. The second-order valence-electron chi connectivity index (χ2n) is 7.76. The molecule has 0 saturated carbocycles. The normalized spacial score (nSPS) is 12.0. The van der Waals surface area contributed by atoms with E-state index in [9.17, 15) is 9.90 Å². The Morgan fingerprint density at radius 3 is 2.41 bits per heavy atom. The molecule has 0 aliphatic rings. The Balaban J connectivity index is 1.72. The minimum atomic E-state index is -0.194. The van der Waals surface area contributed by atoms with Gasteiger partial charge in [-0.05, 0) is 23.8 Å². The van der Waals surface area contributed by atoms with Crippen molar-refractivity contribution in [3.05, 3.63) is 88.3 Å². The summed E-state index contributed by atoms with van der Waals surface area (Å²) in [4.78, 5) is 14.4. The highest BCUT2D eigenvalue weighted by Gasteiger charge is 2.16. The van der Waals surface area contributed by atoms with Gasteiger partial charge in [-0.25, -0.2) is 0 Å². The Kier molecular flexibility index (Phi) is 6.14. The first kappa shape index (κ1) is 21.5. The second kappa shape index (κ2) is 9.16. The molecule has 0 saturated heterocycles. The number of ether oxygens (including phenoxy) is 2. The predicted molar refractivity (Wildman–Crippen MR) is 121 cm³/mol. The van der Waals surface area contributed by atoms with Crippen LogP contribution in [0, 0.1) is 0 Å². The van der Waals surface area contributed by atoms with E-state index < -0.39 is 0 Å². The summed E-state index contributed by atoms with van der Waals surface area (Å²) in [7, 11) is 5.11. The lowest BCUT2D eigenvalue weighted by Crippen LogP contribution is -3.06. The van der Waals surface area contributed by atoms with Gasteiger partial charge in [-0.2, -0.15) is 0 Å². The Hall–Kier alpha value is -3.77. The minimum absolute atomic E-state index is 0.132. The highest BCUT2D eigenvalue weighted by molar-refractivity contribution is 5.85. The third-order valence-corrected chi connectivity index (χ3v) is 5.52. The molecule has 0 radical (unpaired) electrons. The Labute approximate surface area is 186 Å². The fourth-order valence-electron chi connectivity index (χ4n) is 3.92. The van der Waals surface area contributed by atoms with Crippen molar-refractivity contribution in [2.45, 2.75) is 13.1 Å². The van der Waals surface area contributed by atoms with E-state index in [0.717, 1.165) is 11.4 Å². The van der Waals surface area contributed by atoms with Gasteiger partial charge in [0.1, 0.15) is 24.9 Å². The van der Waals surface area contributed by atoms with Crippen LogP contribution in [0.4, 0.5) is 0 Å². The average molecular weight is 431 g/mol. The summed E-state index contributed by atoms with van der Waals surface area (Å²) in [6.45, 7) is 1.20. The van der Waals surface area contributed by atoms with Crippen molar-refractivity contribution < 1.29 is 23.9 Å². The summed E-state index contributed by atoms with van der Waals surface area (Å²) in [6.07, 6.45) is 1.42. The molecule has 0 aliphatic carbocycles. The highest BCUT2D eigenvalue weighted by Crippen LogP contribution is 2.32. The molecule has 0 aliphatic heterocycles. The van der Waals surface area contributed by atoms with Crippen molar-refractivity contribution in [3.63, 3.8) is 0 Å². The molecule has 3 aromatic carbocycles. The number of quaternary nitrogens is 1. The van der Waals surface area contributed by atoms with E-state index in [0.29, 0.717) is 45.7 Å². The van der Waals surface area contributed by atoms with Gasteiger partial charge in [-0.15, -0.1) is 0 Å². The quantitative estimate of drug-likeness (QED) is 0.487. The van der Waals surface area contributed by atoms with Gasteiger partial charge in [-0.1, -0.05) is 48.2 Å². The van der Waals surface area contributed by atoms with Gasteiger partial charge in [0.2, 0.25) is 5.43 Å². The van der Waals surface area contributed by atoms with Crippen molar-refractivity contribution in [2.24, 2.45) is 0 Å². The Morgan fingerprint density at radius 2 is 1.69 bits per heavy atom. The predicted octanol–water partition coefficient (Wildman–Crippen LogP) is 2.77. The number of fused-ring (bicyclic) bond motifs is 1. The van der Waals surface area contributed by atoms with Gasteiger partial charge >= 0.3 is 0 Å². The monoisotopic (exact) mass is 431 g/mol. The molecule has 164 valence electrons. The first-order chi connectivity index (χ1) is 15.5. The number of rotatable bonds is 7. The van der Waals surface area contributed by atoms with Gasteiger partial charge in [0.05, 0.1) is 32.2 Å². The van der Waals surface area contributed by atoms with Crippen LogP contribution in [0.3, 0.4) is 0 Å². The van der Waals surface area contributed by atoms with Gasteiger partial charge in [0.25, 0.3) is 0 Å². The van der Waals surface area contributed by atoms with Crippen molar-refractivity contribution in [2.75, 3.05) is 21.3 Å². The summed E-state index contributed by atoms with van der Waals surface area (Å²) < 4.78 is 16.5. The maximum Gasteiger partial charge on any atom is 0.200 e. The van der Waals surface area contributed by atoms with Gasteiger partial charge in [0, 0.05) is 11.1 Å². The van der Waals surface area contributed by atoms with Crippen LogP contribution in [-0.4, -0.2) is 21.3 Å². The molecule has 6 nitrogen and oxygen atoms in total. The molecule has 0 fully saturated rings. The topological polar surface area (TPSA) is 76.2 Å². The summed E-state index contributed by atoms with van der Waals surface area (Å²) in [5.41, 5.74) is 2.88. The maximum absolute atomic E-state index is 13.3. The summed E-state index contributed by atoms with van der Waals surface area (Å²) in [6, 6.07) is 18.3. The van der Waals surface area contributed by atoms with Crippen molar-refractivity contribution in [1.82, 2.24) is 0 Å². The SMILES string of the molecule is COc1ccc(-c2coc3c(C[NH+](C)Cc4ccccc4)c([O-])ccc3c2=O)cc1OC. The van der Waals surface area contributed by atoms with Gasteiger partial charge in [0.15, 0.2) is 11.5 Å². The molecule has 1 atom stereocenters. The second-order valence-corrected chi connectivity index (χ2v) is 7.76. The van der Waals surface area contributed by atoms with Crippen LogP contribution in [0.15, 0.2) is 76.1 Å². The van der Waals surface area contributed by atoms with E-state index in [2.05, 4.69) is 12.1 Å². The minimum Gasteiger partial charge on any atom is -0.872 e. The lowest BCUT2D eigenvalue weighted by atomic mass is 10.0. The number of nitrogens with one attached hydrogen (secondary N) is 1. The molecule has 1 unspecified atom stereocenters. The third kappa shape index (κ3) is 4.18. The van der Waals surface area contributed by atoms with Crippen LogP contribution in [0.5, 0.6) is 17.2 Å². The molecule has 0 spiro atoms. The third-order valence-electron chi connectivity index (χ3n) is 5.52. The number of hydrogen-bond acceptors (Lipinski definition) is 5. The molecule has 6 heteroatoms. The number of hydrogen-bond donors (Lipinski definition) is 1. The lowest BCUT2D eigenvalue weighted by Gasteiger charge is -2.20. The van der Waals surface area contributed by atoms with Crippen molar-refractivity contribution in [1.29, 1.82) is 0 Å². The van der Waals surface area contributed by atoms with Gasteiger partial charge in [-0.3, -0.25) is 4.79 Å². The molecule has 32 heavy (non-hydrogen) atoms. The maximum atomic E-state index is 13.3. The highest BCUT2D eigenvalue weighted by atomic mass is 16.5. The van der Waals surface area contributed by atoms with E-state index in [4.69, 9.17) is 13.9 Å². The van der Waals surface area contributed by atoms with Crippen LogP contribution >= 0.6 is 0 Å². The van der Waals surface area contributed by atoms with E-state index in [1.807, 2.05) is 25.2 Å². The molecule has 4 aromatic rings. The van der Waals surface area contributed by atoms with Crippen LogP contribution < -0.4 is 24.9 Å². The average Bonchev–Trinajstić information content (AvgIpc) is 2.81.